The van der Waals surface area contributed by atoms with E-state index in [4.69, 9.17) is 4.98 Å². The molecule has 3 atom stereocenters. The van der Waals surface area contributed by atoms with Crippen molar-refractivity contribution < 1.29 is 9.90 Å². The Morgan fingerprint density at radius 2 is 1.62 bits per heavy atom. The van der Waals surface area contributed by atoms with Crippen molar-refractivity contribution in [2.45, 2.75) is 69.2 Å². The topological polar surface area (TPSA) is 85.4 Å². The van der Waals surface area contributed by atoms with Crippen LogP contribution in [-0.2, 0) is 11.2 Å². The number of carboxylic acid groups (broad SMARTS) is 1. The van der Waals surface area contributed by atoms with Gasteiger partial charge in [0.1, 0.15) is 11.9 Å². The Bertz CT molecular complexity index is 1220. The van der Waals surface area contributed by atoms with Crippen LogP contribution >= 0.6 is 0 Å². The standard InChI is InChI=1S/C33H43N5O2/c39-33(40)31(26-14-8-3-9-15-26)38-22-28(29(23-38)25-12-6-2-7-13-25)21-37-18-16-27(17-19-37)32-34-30(35-36-32)20-24-10-4-1-5-11-24/h1-2,4-7,10-13,26-29,31H,3,8-9,14-23H2,(H,39,40)(H,34,35,36)/t28?,29-,31-/m1/s1. The highest BCUT2D eigenvalue weighted by atomic mass is 16.4. The molecule has 2 saturated heterocycles. The Morgan fingerprint density at radius 1 is 0.925 bits per heavy atom. The molecule has 7 nitrogen and oxygen atoms in total. The highest BCUT2D eigenvalue weighted by Crippen LogP contribution is 2.39. The second kappa shape index (κ2) is 12.6. The second-order valence-electron chi connectivity index (χ2n) is 12.3. The largest absolute Gasteiger partial charge is 0.480 e. The van der Waals surface area contributed by atoms with Crippen LogP contribution in [0, 0.1) is 11.8 Å². The number of aromatic nitrogens is 3. The maximum absolute atomic E-state index is 12.5. The molecule has 2 aliphatic heterocycles. The Morgan fingerprint density at radius 3 is 2.33 bits per heavy atom. The van der Waals surface area contributed by atoms with E-state index in [1.54, 1.807) is 0 Å². The molecule has 2 N–H and O–H groups in total. The molecule has 0 radical (unpaired) electrons. The van der Waals surface area contributed by atoms with Crippen LogP contribution in [0.4, 0.5) is 0 Å². The summed E-state index contributed by atoms with van der Waals surface area (Å²) in [6.45, 7) is 4.82. The van der Waals surface area contributed by atoms with Gasteiger partial charge < -0.3 is 10.0 Å². The highest BCUT2D eigenvalue weighted by molar-refractivity contribution is 5.74. The molecule has 0 amide bonds. The third-order valence-corrected chi connectivity index (χ3v) is 9.65. The molecule has 0 spiro atoms. The molecular weight excluding hydrogens is 498 g/mol. The SMILES string of the molecule is O=C(O)[C@@H](C1CCCCC1)N1CC(CN2CCC(c3n[nH]c(Cc4ccccc4)n3)CC2)[C@@H](c2ccccc2)C1. The summed E-state index contributed by atoms with van der Waals surface area (Å²) >= 11 is 0. The van der Waals surface area contributed by atoms with Crippen LogP contribution < -0.4 is 0 Å². The van der Waals surface area contributed by atoms with Crippen molar-refractivity contribution in [3.8, 4) is 0 Å². The first-order valence-corrected chi connectivity index (χ1v) is 15.3. The number of aliphatic carboxylic acids is 1. The van der Waals surface area contributed by atoms with Crippen molar-refractivity contribution in [3.05, 3.63) is 83.4 Å². The number of carboxylic acids is 1. The van der Waals surface area contributed by atoms with Crippen molar-refractivity contribution in [2.75, 3.05) is 32.7 Å². The molecule has 1 saturated carbocycles. The average Bonchev–Trinajstić information content (AvgIpc) is 3.62. The lowest BCUT2D eigenvalue weighted by Crippen LogP contribution is -2.46. The predicted molar refractivity (Wildman–Crippen MR) is 156 cm³/mol. The third kappa shape index (κ3) is 6.31. The Labute approximate surface area is 238 Å². The van der Waals surface area contributed by atoms with Crippen LogP contribution in [0.15, 0.2) is 60.7 Å². The molecule has 1 aromatic heterocycles. The number of likely N-dealkylation sites (tertiary alicyclic amines) is 2. The zero-order valence-electron chi connectivity index (χ0n) is 23.5. The van der Waals surface area contributed by atoms with E-state index in [0.29, 0.717) is 17.8 Å². The van der Waals surface area contributed by atoms with Crippen molar-refractivity contribution in [2.24, 2.45) is 11.8 Å². The molecule has 2 aromatic carbocycles. The molecule has 0 bridgehead atoms. The summed E-state index contributed by atoms with van der Waals surface area (Å²) in [5.41, 5.74) is 2.59. The zero-order chi connectivity index (χ0) is 27.3. The van der Waals surface area contributed by atoms with Gasteiger partial charge >= 0.3 is 5.97 Å². The van der Waals surface area contributed by atoms with E-state index in [-0.39, 0.29) is 12.0 Å². The molecule has 3 fully saturated rings. The van der Waals surface area contributed by atoms with Crippen LogP contribution in [0.2, 0.25) is 0 Å². The fourth-order valence-electron chi connectivity index (χ4n) is 7.57. The summed E-state index contributed by atoms with van der Waals surface area (Å²) in [5.74, 6) is 2.75. The van der Waals surface area contributed by atoms with E-state index < -0.39 is 5.97 Å². The van der Waals surface area contributed by atoms with Crippen LogP contribution in [0.1, 0.15) is 79.6 Å². The number of nitrogens with zero attached hydrogens (tertiary/aromatic N) is 4. The second-order valence-corrected chi connectivity index (χ2v) is 12.3. The van der Waals surface area contributed by atoms with E-state index >= 15 is 0 Å². The number of carbonyl (C=O) groups is 1. The maximum Gasteiger partial charge on any atom is 0.321 e. The minimum absolute atomic E-state index is 0.283. The number of rotatable bonds is 9. The number of benzene rings is 2. The number of aromatic amines is 1. The lowest BCUT2D eigenvalue weighted by atomic mass is 9.83. The summed E-state index contributed by atoms with van der Waals surface area (Å²) in [6.07, 6.45) is 8.60. The third-order valence-electron chi connectivity index (χ3n) is 9.65. The van der Waals surface area contributed by atoms with Gasteiger partial charge in [-0.1, -0.05) is 79.9 Å². The van der Waals surface area contributed by atoms with E-state index in [1.165, 1.54) is 30.4 Å². The fraction of sp³-hybridized carbons (Fsp3) is 0.545. The molecule has 1 aliphatic carbocycles. The molecule has 212 valence electrons. The first-order chi connectivity index (χ1) is 19.6. The lowest BCUT2D eigenvalue weighted by Gasteiger charge is -2.35. The van der Waals surface area contributed by atoms with Gasteiger partial charge in [-0.25, -0.2) is 4.98 Å². The molecule has 40 heavy (non-hydrogen) atoms. The van der Waals surface area contributed by atoms with Gasteiger partial charge in [0.15, 0.2) is 5.82 Å². The van der Waals surface area contributed by atoms with Crippen molar-refractivity contribution in [1.82, 2.24) is 25.0 Å². The van der Waals surface area contributed by atoms with E-state index in [1.807, 2.05) is 6.07 Å². The number of nitrogens with one attached hydrogen (secondary N) is 1. The molecule has 3 heterocycles. The van der Waals surface area contributed by atoms with Gasteiger partial charge in [-0.2, -0.15) is 5.10 Å². The Hall–Kier alpha value is -3.03. The molecule has 6 rings (SSSR count). The number of hydrogen-bond donors (Lipinski definition) is 2. The first kappa shape index (κ1) is 27.2. The van der Waals surface area contributed by atoms with Crippen LogP contribution in [0.3, 0.4) is 0 Å². The molecule has 7 heteroatoms. The summed E-state index contributed by atoms with van der Waals surface area (Å²) in [7, 11) is 0. The van der Waals surface area contributed by atoms with Gasteiger partial charge in [0.25, 0.3) is 0 Å². The van der Waals surface area contributed by atoms with Gasteiger partial charge in [0.2, 0.25) is 0 Å². The summed E-state index contributed by atoms with van der Waals surface area (Å²) in [4.78, 5) is 22.3. The molecule has 1 unspecified atom stereocenters. The van der Waals surface area contributed by atoms with E-state index in [9.17, 15) is 9.90 Å². The zero-order valence-corrected chi connectivity index (χ0v) is 23.5. The van der Waals surface area contributed by atoms with E-state index in [0.717, 1.165) is 76.5 Å². The van der Waals surface area contributed by atoms with Crippen molar-refractivity contribution in [1.29, 1.82) is 0 Å². The van der Waals surface area contributed by atoms with Gasteiger partial charge in [-0.05, 0) is 61.7 Å². The summed E-state index contributed by atoms with van der Waals surface area (Å²) in [6, 6.07) is 20.9. The molecule has 3 aromatic rings. The van der Waals surface area contributed by atoms with Crippen LogP contribution in [-0.4, -0.2) is 74.8 Å². The number of hydrogen-bond acceptors (Lipinski definition) is 5. The van der Waals surface area contributed by atoms with Gasteiger partial charge in [-0.15, -0.1) is 0 Å². The Kier molecular flexibility index (Phi) is 8.59. The van der Waals surface area contributed by atoms with Crippen LogP contribution in [0.5, 0.6) is 0 Å². The number of H-pyrrole nitrogens is 1. The van der Waals surface area contributed by atoms with Crippen molar-refractivity contribution in [3.63, 3.8) is 0 Å². The minimum atomic E-state index is -0.627. The summed E-state index contributed by atoms with van der Waals surface area (Å²) in [5, 5.41) is 18.1. The normalized spacial score (nSPS) is 24.3. The summed E-state index contributed by atoms with van der Waals surface area (Å²) < 4.78 is 0. The van der Waals surface area contributed by atoms with Gasteiger partial charge in [0.05, 0.1) is 0 Å². The van der Waals surface area contributed by atoms with E-state index in [2.05, 4.69) is 74.6 Å². The van der Waals surface area contributed by atoms with Crippen molar-refractivity contribution >= 4 is 5.97 Å². The first-order valence-electron chi connectivity index (χ1n) is 15.3. The molecule has 3 aliphatic rings. The monoisotopic (exact) mass is 541 g/mol. The maximum atomic E-state index is 12.5. The fourth-order valence-corrected chi connectivity index (χ4v) is 7.57. The predicted octanol–water partition coefficient (Wildman–Crippen LogP) is 5.32. The van der Waals surface area contributed by atoms with Gasteiger partial charge in [-0.3, -0.25) is 14.8 Å². The minimum Gasteiger partial charge on any atom is -0.480 e. The van der Waals surface area contributed by atoms with Crippen LogP contribution in [0.25, 0.3) is 0 Å². The number of piperidine rings is 1. The average molecular weight is 542 g/mol. The molecular formula is C33H43N5O2. The Balaban J connectivity index is 1.09. The smallest absolute Gasteiger partial charge is 0.321 e. The van der Waals surface area contributed by atoms with Gasteiger partial charge in [0, 0.05) is 37.9 Å². The highest BCUT2D eigenvalue weighted by Gasteiger charge is 2.43. The quantitative estimate of drug-likeness (QED) is 0.381. The lowest BCUT2D eigenvalue weighted by molar-refractivity contribution is -0.145.